The SMILES string of the molecule is C#Cc1cccc(NC(=O)Cc2ccc(S(=O)(=O)N3CCCCC3)cc2)c1. The number of sulfonamides is 1. The molecule has 0 bridgehead atoms. The highest BCUT2D eigenvalue weighted by molar-refractivity contribution is 7.89. The molecule has 0 aromatic heterocycles. The lowest BCUT2D eigenvalue weighted by molar-refractivity contribution is -0.115. The van der Waals surface area contributed by atoms with E-state index in [9.17, 15) is 13.2 Å². The lowest BCUT2D eigenvalue weighted by atomic mass is 10.1. The van der Waals surface area contributed by atoms with E-state index in [1.54, 1.807) is 48.5 Å². The summed E-state index contributed by atoms with van der Waals surface area (Å²) >= 11 is 0. The van der Waals surface area contributed by atoms with E-state index in [-0.39, 0.29) is 17.2 Å². The van der Waals surface area contributed by atoms with Crippen molar-refractivity contribution in [2.75, 3.05) is 18.4 Å². The average molecular weight is 382 g/mol. The molecule has 0 radical (unpaired) electrons. The van der Waals surface area contributed by atoms with E-state index >= 15 is 0 Å². The molecule has 5 nitrogen and oxygen atoms in total. The van der Waals surface area contributed by atoms with Crippen LogP contribution >= 0.6 is 0 Å². The quantitative estimate of drug-likeness (QED) is 0.809. The summed E-state index contributed by atoms with van der Waals surface area (Å²) in [5.74, 6) is 2.34. The minimum absolute atomic E-state index is 0.157. The van der Waals surface area contributed by atoms with Gasteiger partial charge in [-0.25, -0.2) is 8.42 Å². The van der Waals surface area contributed by atoms with Gasteiger partial charge in [-0.3, -0.25) is 4.79 Å². The van der Waals surface area contributed by atoms with Crippen molar-refractivity contribution in [1.29, 1.82) is 0 Å². The van der Waals surface area contributed by atoms with Crippen molar-refractivity contribution in [2.24, 2.45) is 0 Å². The van der Waals surface area contributed by atoms with Crippen LogP contribution in [-0.2, 0) is 21.2 Å². The number of hydrogen-bond acceptors (Lipinski definition) is 3. The van der Waals surface area contributed by atoms with Crippen LogP contribution in [0, 0.1) is 12.3 Å². The Hall–Kier alpha value is -2.62. The van der Waals surface area contributed by atoms with E-state index in [1.165, 1.54) is 4.31 Å². The summed E-state index contributed by atoms with van der Waals surface area (Å²) in [5.41, 5.74) is 2.08. The molecule has 1 aliphatic heterocycles. The van der Waals surface area contributed by atoms with E-state index in [2.05, 4.69) is 11.2 Å². The monoisotopic (exact) mass is 382 g/mol. The van der Waals surface area contributed by atoms with Gasteiger partial charge in [0.05, 0.1) is 11.3 Å². The standard InChI is InChI=1S/C21H22N2O3S/c1-2-17-7-6-8-19(15-17)22-21(24)16-18-9-11-20(12-10-18)27(25,26)23-13-4-3-5-14-23/h1,6-12,15H,3-5,13-14,16H2,(H,22,24). The van der Waals surface area contributed by atoms with E-state index in [4.69, 9.17) is 6.42 Å². The number of nitrogens with one attached hydrogen (secondary N) is 1. The second-order valence-electron chi connectivity index (χ2n) is 6.56. The van der Waals surface area contributed by atoms with Gasteiger partial charge in [-0.2, -0.15) is 4.31 Å². The summed E-state index contributed by atoms with van der Waals surface area (Å²) < 4.78 is 26.8. The second-order valence-corrected chi connectivity index (χ2v) is 8.50. The van der Waals surface area contributed by atoms with E-state index in [0.29, 0.717) is 24.3 Å². The summed E-state index contributed by atoms with van der Waals surface area (Å²) in [6.45, 7) is 1.15. The van der Waals surface area contributed by atoms with Gasteiger partial charge in [-0.1, -0.05) is 30.5 Å². The van der Waals surface area contributed by atoms with Crippen LogP contribution < -0.4 is 5.32 Å². The lowest BCUT2D eigenvalue weighted by Gasteiger charge is -2.25. The molecule has 3 rings (SSSR count). The zero-order valence-electron chi connectivity index (χ0n) is 15.0. The van der Waals surface area contributed by atoms with E-state index < -0.39 is 10.0 Å². The van der Waals surface area contributed by atoms with Gasteiger partial charge in [0.15, 0.2) is 0 Å². The molecule has 1 heterocycles. The fraction of sp³-hybridized carbons (Fsp3) is 0.286. The van der Waals surface area contributed by atoms with Crippen molar-refractivity contribution in [3.8, 4) is 12.3 Å². The van der Waals surface area contributed by atoms with Gasteiger partial charge in [-0.15, -0.1) is 6.42 Å². The molecular formula is C21H22N2O3S. The van der Waals surface area contributed by atoms with Crippen molar-refractivity contribution >= 4 is 21.6 Å². The highest BCUT2D eigenvalue weighted by Gasteiger charge is 2.25. The number of benzene rings is 2. The molecule has 0 unspecified atom stereocenters. The number of amides is 1. The number of rotatable bonds is 5. The fourth-order valence-electron chi connectivity index (χ4n) is 3.11. The number of nitrogens with zero attached hydrogens (tertiary/aromatic N) is 1. The molecule has 1 fully saturated rings. The van der Waals surface area contributed by atoms with Crippen LogP contribution in [0.3, 0.4) is 0 Å². The molecule has 2 aromatic carbocycles. The molecule has 1 aliphatic rings. The van der Waals surface area contributed by atoms with Crippen LogP contribution in [0.4, 0.5) is 5.69 Å². The summed E-state index contributed by atoms with van der Waals surface area (Å²) in [6.07, 6.45) is 8.39. The highest BCUT2D eigenvalue weighted by Crippen LogP contribution is 2.21. The molecule has 1 N–H and O–H groups in total. The summed E-state index contributed by atoms with van der Waals surface area (Å²) in [5, 5.41) is 2.80. The maximum Gasteiger partial charge on any atom is 0.243 e. The number of anilines is 1. The van der Waals surface area contributed by atoms with Gasteiger partial charge in [0, 0.05) is 24.3 Å². The second kappa shape index (κ2) is 8.38. The van der Waals surface area contributed by atoms with Crippen LogP contribution in [-0.4, -0.2) is 31.7 Å². The van der Waals surface area contributed by atoms with Crippen LogP contribution in [0.15, 0.2) is 53.4 Å². The molecule has 140 valence electrons. The minimum Gasteiger partial charge on any atom is -0.326 e. The van der Waals surface area contributed by atoms with Gasteiger partial charge in [-0.05, 0) is 48.7 Å². The maximum absolute atomic E-state index is 12.7. The summed E-state index contributed by atoms with van der Waals surface area (Å²) in [6, 6.07) is 13.6. The molecule has 0 spiro atoms. The fourth-order valence-corrected chi connectivity index (χ4v) is 4.63. The Morgan fingerprint density at radius 3 is 2.44 bits per heavy atom. The molecule has 6 heteroatoms. The first-order chi connectivity index (χ1) is 13.0. The Labute approximate surface area is 160 Å². The largest absolute Gasteiger partial charge is 0.326 e. The highest BCUT2D eigenvalue weighted by atomic mass is 32.2. The number of hydrogen-bond donors (Lipinski definition) is 1. The van der Waals surface area contributed by atoms with Crippen molar-refractivity contribution < 1.29 is 13.2 Å². The van der Waals surface area contributed by atoms with Crippen LogP contribution in [0.25, 0.3) is 0 Å². The average Bonchev–Trinajstić information content (AvgIpc) is 2.69. The molecule has 0 atom stereocenters. The predicted octanol–water partition coefficient (Wildman–Crippen LogP) is 3.02. The van der Waals surface area contributed by atoms with Gasteiger partial charge in [0.1, 0.15) is 0 Å². The lowest BCUT2D eigenvalue weighted by Crippen LogP contribution is -2.35. The Morgan fingerprint density at radius 2 is 1.78 bits per heavy atom. The molecule has 27 heavy (non-hydrogen) atoms. The van der Waals surface area contributed by atoms with Crippen LogP contribution in [0.1, 0.15) is 30.4 Å². The van der Waals surface area contributed by atoms with Crippen molar-refractivity contribution in [2.45, 2.75) is 30.6 Å². The minimum atomic E-state index is -3.45. The maximum atomic E-state index is 12.7. The number of terminal acetylenes is 1. The molecule has 0 aliphatic carbocycles. The number of piperidine rings is 1. The molecular weight excluding hydrogens is 360 g/mol. The third-order valence-corrected chi connectivity index (χ3v) is 6.47. The zero-order valence-corrected chi connectivity index (χ0v) is 15.8. The third-order valence-electron chi connectivity index (χ3n) is 4.55. The summed E-state index contributed by atoms with van der Waals surface area (Å²) in [4.78, 5) is 12.5. The van der Waals surface area contributed by atoms with Crippen molar-refractivity contribution in [3.05, 3.63) is 59.7 Å². The van der Waals surface area contributed by atoms with Crippen molar-refractivity contribution in [3.63, 3.8) is 0 Å². The molecule has 0 saturated carbocycles. The van der Waals surface area contributed by atoms with Gasteiger partial charge in [0.2, 0.25) is 15.9 Å². The predicted molar refractivity (Wildman–Crippen MR) is 106 cm³/mol. The van der Waals surface area contributed by atoms with Gasteiger partial charge in [0.25, 0.3) is 0 Å². The Balaban J connectivity index is 1.65. The van der Waals surface area contributed by atoms with Gasteiger partial charge >= 0.3 is 0 Å². The van der Waals surface area contributed by atoms with Crippen LogP contribution in [0.5, 0.6) is 0 Å². The molecule has 1 amide bonds. The summed E-state index contributed by atoms with van der Waals surface area (Å²) in [7, 11) is -3.45. The molecule has 2 aromatic rings. The van der Waals surface area contributed by atoms with E-state index in [1.807, 2.05) is 0 Å². The Morgan fingerprint density at radius 1 is 1.07 bits per heavy atom. The zero-order chi connectivity index (χ0) is 19.3. The smallest absolute Gasteiger partial charge is 0.243 e. The van der Waals surface area contributed by atoms with Crippen molar-refractivity contribution in [1.82, 2.24) is 4.31 Å². The topological polar surface area (TPSA) is 66.5 Å². The first kappa shape index (κ1) is 19.2. The van der Waals surface area contributed by atoms with E-state index in [0.717, 1.165) is 24.8 Å². The number of carbonyl (C=O) groups excluding carboxylic acids is 1. The van der Waals surface area contributed by atoms with Crippen LogP contribution in [0.2, 0.25) is 0 Å². The molecule has 1 saturated heterocycles. The normalized spacial score (nSPS) is 15.1. The Bertz CT molecular complexity index is 954. The first-order valence-corrected chi connectivity index (χ1v) is 10.4. The third kappa shape index (κ3) is 4.76. The van der Waals surface area contributed by atoms with Gasteiger partial charge < -0.3 is 5.32 Å². The Kier molecular flexibility index (Phi) is 5.94. The first-order valence-electron chi connectivity index (χ1n) is 8.95. The number of carbonyl (C=O) groups is 1.